The molecule has 0 amide bonds. The van der Waals surface area contributed by atoms with Crippen LogP contribution in [0.15, 0.2) is 42.5 Å². The second kappa shape index (κ2) is 6.36. The zero-order chi connectivity index (χ0) is 18.6. The van der Waals surface area contributed by atoms with E-state index in [4.69, 9.17) is 34.8 Å². The molecule has 26 heavy (non-hydrogen) atoms. The van der Waals surface area contributed by atoms with Crippen LogP contribution < -0.4 is 5.32 Å². The molecule has 136 valence electrons. The molecular formula is C19H13Cl3F3N. The van der Waals surface area contributed by atoms with Gasteiger partial charge in [-0.05, 0) is 47.7 Å². The number of hydrogen-bond acceptors (Lipinski definition) is 1. The maximum absolute atomic E-state index is 13.6. The summed E-state index contributed by atoms with van der Waals surface area (Å²) >= 11 is 18.6. The molecule has 4 rings (SSSR count). The van der Waals surface area contributed by atoms with Gasteiger partial charge in [-0.2, -0.15) is 13.2 Å². The van der Waals surface area contributed by atoms with Crippen molar-refractivity contribution in [3.63, 3.8) is 0 Å². The van der Waals surface area contributed by atoms with E-state index in [-0.39, 0.29) is 28.5 Å². The zero-order valence-electron chi connectivity index (χ0n) is 13.2. The van der Waals surface area contributed by atoms with Gasteiger partial charge in [0.15, 0.2) is 0 Å². The molecule has 2 aromatic carbocycles. The number of benzene rings is 2. The number of halogens is 6. The van der Waals surface area contributed by atoms with Crippen LogP contribution in [0.3, 0.4) is 0 Å². The van der Waals surface area contributed by atoms with Crippen LogP contribution in [0.25, 0.3) is 0 Å². The van der Waals surface area contributed by atoms with Crippen molar-refractivity contribution in [3.05, 3.63) is 74.2 Å². The highest BCUT2D eigenvalue weighted by molar-refractivity contribution is 6.35. The van der Waals surface area contributed by atoms with Crippen molar-refractivity contribution in [2.24, 2.45) is 5.92 Å². The Hall–Kier alpha value is -1.36. The maximum atomic E-state index is 13.6. The second-order valence-corrected chi connectivity index (χ2v) is 7.77. The quantitative estimate of drug-likeness (QED) is 0.473. The van der Waals surface area contributed by atoms with Gasteiger partial charge in [-0.1, -0.05) is 53.0 Å². The van der Waals surface area contributed by atoms with Crippen LogP contribution in [-0.4, -0.2) is 0 Å². The Kier molecular flexibility index (Phi) is 4.41. The molecule has 1 aliphatic heterocycles. The molecule has 0 fully saturated rings. The van der Waals surface area contributed by atoms with E-state index >= 15 is 0 Å². The van der Waals surface area contributed by atoms with Gasteiger partial charge in [0.2, 0.25) is 0 Å². The minimum absolute atomic E-state index is 0.0826. The molecule has 1 aliphatic carbocycles. The van der Waals surface area contributed by atoms with E-state index in [2.05, 4.69) is 5.32 Å². The summed E-state index contributed by atoms with van der Waals surface area (Å²) < 4.78 is 40.7. The molecule has 2 aromatic rings. The van der Waals surface area contributed by atoms with Crippen LogP contribution in [0.1, 0.15) is 35.1 Å². The van der Waals surface area contributed by atoms with E-state index in [9.17, 15) is 13.2 Å². The first-order valence-corrected chi connectivity index (χ1v) is 9.18. The van der Waals surface area contributed by atoms with Crippen molar-refractivity contribution in [1.82, 2.24) is 0 Å². The lowest BCUT2D eigenvalue weighted by Crippen LogP contribution is -2.31. The Morgan fingerprint density at radius 3 is 2.46 bits per heavy atom. The molecule has 0 saturated heterocycles. The molecular weight excluding hydrogens is 406 g/mol. The Labute approximate surface area is 163 Å². The van der Waals surface area contributed by atoms with Gasteiger partial charge in [-0.3, -0.25) is 0 Å². The van der Waals surface area contributed by atoms with Gasteiger partial charge < -0.3 is 5.32 Å². The number of alkyl halides is 3. The summed E-state index contributed by atoms with van der Waals surface area (Å²) in [7, 11) is 0. The molecule has 3 atom stereocenters. The van der Waals surface area contributed by atoms with Crippen molar-refractivity contribution < 1.29 is 13.2 Å². The fraction of sp³-hybridized carbons (Fsp3) is 0.263. The number of nitrogens with one attached hydrogen (secondary N) is 1. The average molecular weight is 419 g/mol. The number of fused-ring (bicyclic) bond motifs is 3. The van der Waals surface area contributed by atoms with Gasteiger partial charge in [0.05, 0.1) is 22.3 Å². The largest absolute Gasteiger partial charge is 0.416 e. The first-order chi connectivity index (χ1) is 12.3. The van der Waals surface area contributed by atoms with Gasteiger partial charge in [0, 0.05) is 16.0 Å². The minimum atomic E-state index is -4.44. The van der Waals surface area contributed by atoms with Gasteiger partial charge >= 0.3 is 6.18 Å². The molecule has 0 unspecified atom stereocenters. The number of anilines is 1. The van der Waals surface area contributed by atoms with Gasteiger partial charge in [0.25, 0.3) is 0 Å². The maximum Gasteiger partial charge on any atom is 0.416 e. The van der Waals surface area contributed by atoms with Crippen molar-refractivity contribution in [1.29, 1.82) is 0 Å². The molecule has 1 nitrogen and oxygen atoms in total. The Morgan fingerprint density at radius 1 is 1.00 bits per heavy atom. The molecule has 7 heteroatoms. The lowest BCUT2D eigenvalue weighted by molar-refractivity contribution is -0.138. The van der Waals surface area contributed by atoms with Crippen LogP contribution in [0.2, 0.25) is 15.1 Å². The first-order valence-electron chi connectivity index (χ1n) is 8.05. The Balaban J connectivity index is 1.89. The van der Waals surface area contributed by atoms with Crippen molar-refractivity contribution in [2.45, 2.75) is 24.6 Å². The predicted molar refractivity (Wildman–Crippen MR) is 99.3 cm³/mol. The van der Waals surface area contributed by atoms with Crippen LogP contribution in [0, 0.1) is 5.92 Å². The summed E-state index contributed by atoms with van der Waals surface area (Å²) in [6.07, 6.45) is -0.0245. The normalized spacial score (nSPS) is 24.2. The average Bonchev–Trinajstić information content (AvgIpc) is 3.03. The molecule has 0 bridgehead atoms. The number of allylic oxidation sites excluding steroid dienone is 2. The monoisotopic (exact) mass is 417 g/mol. The van der Waals surface area contributed by atoms with Crippen molar-refractivity contribution >= 4 is 40.5 Å². The van der Waals surface area contributed by atoms with E-state index in [1.54, 1.807) is 12.1 Å². The predicted octanol–water partition coefficient (Wildman–Crippen LogP) is 7.49. The topological polar surface area (TPSA) is 12.0 Å². The molecule has 2 aliphatic rings. The molecule has 1 N–H and O–H groups in total. The summed E-state index contributed by atoms with van der Waals surface area (Å²) in [6, 6.07) is 7.27. The van der Waals surface area contributed by atoms with Gasteiger partial charge in [0.1, 0.15) is 0 Å². The summed E-state index contributed by atoms with van der Waals surface area (Å²) in [6.45, 7) is 0. The molecule has 0 saturated carbocycles. The zero-order valence-corrected chi connectivity index (χ0v) is 15.5. The first kappa shape index (κ1) is 18.0. The van der Waals surface area contributed by atoms with Crippen molar-refractivity contribution in [3.8, 4) is 0 Å². The highest BCUT2D eigenvalue weighted by Gasteiger charge is 2.45. The van der Waals surface area contributed by atoms with E-state index in [1.807, 2.05) is 18.2 Å². The lowest BCUT2D eigenvalue weighted by Gasteiger charge is -2.39. The molecule has 0 aromatic heterocycles. The van der Waals surface area contributed by atoms with Crippen LogP contribution in [0.4, 0.5) is 18.9 Å². The molecule has 0 radical (unpaired) electrons. The number of hydrogen-bond donors (Lipinski definition) is 1. The van der Waals surface area contributed by atoms with E-state index in [0.717, 1.165) is 11.6 Å². The van der Waals surface area contributed by atoms with Crippen LogP contribution in [-0.2, 0) is 6.18 Å². The highest BCUT2D eigenvalue weighted by atomic mass is 35.5. The smallest absolute Gasteiger partial charge is 0.376 e. The third-order valence-corrected chi connectivity index (χ3v) is 5.95. The van der Waals surface area contributed by atoms with Crippen LogP contribution >= 0.6 is 34.8 Å². The highest BCUT2D eigenvalue weighted by Crippen LogP contribution is 2.55. The van der Waals surface area contributed by atoms with Gasteiger partial charge in [-0.15, -0.1) is 0 Å². The minimum Gasteiger partial charge on any atom is -0.376 e. The SMILES string of the molecule is FC(F)(F)c1ccc(Cl)c2c1[C@@H]1C=CC[C@H]1[C@H](c1ccc(Cl)cc1Cl)N2. The van der Waals surface area contributed by atoms with E-state index < -0.39 is 11.7 Å². The second-order valence-electron chi connectivity index (χ2n) is 6.52. The van der Waals surface area contributed by atoms with E-state index in [1.165, 1.54) is 6.07 Å². The fourth-order valence-electron chi connectivity index (χ4n) is 3.98. The molecule has 0 spiro atoms. The fourth-order valence-corrected chi connectivity index (χ4v) is 4.73. The summed E-state index contributed by atoms with van der Waals surface area (Å²) in [4.78, 5) is 0. The summed E-state index contributed by atoms with van der Waals surface area (Å²) in [5, 5.41) is 4.48. The molecule has 1 heterocycles. The van der Waals surface area contributed by atoms with Crippen LogP contribution in [0.5, 0.6) is 0 Å². The Morgan fingerprint density at radius 2 is 1.77 bits per heavy atom. The summed E-state index contributed by atoms with van der Waals surface area (Å²) in [5.74, 6) is -0.459. The standard InChI is InChI=1S/C19H13Cl3F3N/c20-9-4-5-12(15(22)8-9)17-11-3-1-2-10(11)16-13(19(23,24)25)6-7-14(21)18(16)26-17/h1-2,4-8,10-11,17,26H,3H2/t10-,11-,17-/m1/s1. The third kappa shape index (κ3) is 2.88. The van der Waals surface area contributed by atoms with Crippen molar-refractivity contribution in [2.75, 3.05) is 5.32 Å². The summed E-state index contributed by atoms with van der Waals surface area (Å²) in [5.41, 5.74) is 0.691. The lowest BCUT2D eigenvalue weighted by atomic mass is 9.75. The number of rotatable bonds is 1. The third-order valence-electron chi connectivity index (χ3n) is 5.07. The van der Waals surface area contributed by atoms with Gasteiger partial charge in [-0.25, -0.2) is 0 Å². The Bertz CT molecular complexity index is 908. The van der Waals surface area contributed by atoms with E-state index in [0.29, 0.717) is 22.2 Å².